The summed E-state index contributed by atoms with van der Waals surface area (Å²) in [6.45, 7) is 1.16. The summed E-state index contributed by atoms with van der Waals surface area (Å²) in [7, 11) is 0. The highest BCUT2D eigenvalue weighted by atomic mass is 19.4. The number of alkyl halides is 3. The zero-order valence-corrected chi connectivity index (χ0v) is 10.2. The van der Waals surface area contributed by atoms with E-state index in [-0.39, 0.29) is 5.56 Å². The Morgan fingerprint density at radius 1 is 1.35 bits per heavy atom. The highest BCUT2D eigenvalue weighted by molar-refractivity contribution is 5.96. The summed E-state index contributed by atoms with van der Waals surface area (Å²) in [5.74, 6) is -2.41. The smallest absolute Gasteiger partial charge is 0.433 e. The second-order valence-corrected chi connectivity index (χ2v) is 3.96. The van der Waals surface area contributed by atoms with Crippen molar-refractivity contribution in [1.29, 1.82) is 0 Å². The number of nitrogens with one attached hydrogen (secondary N) is 1. The van der Waals surface area contributed by atoms with Crippen LogP contribution in [-0.4, -0.2) is 39.2 Å². The largest absolute Gasteiger partial charge is 0.480 e. The van der Waals surface area contributed by atoms with Crippen molar-refractivity contribution in [2.45, 2.75) is 25.2 Å². The van der Waals surface area contributed by atoms with Crippen LogP contribution in [0.25, 0.3) is 0 Å². The van der Waals surface area contributed by atoms with Gasteiger partial charge in [-0.05, 0) is 19.1 Å². The summed E-state index contributed by atoms with van der Waals surface area (Å²) in [6.07, 6.45) is -5.31. The average Bonchev–Trinajstić information content (AvgIpc) is 2.34. The fourth-order valence-electron chi connectivity index (χ4n) is 1.31. The minimum absolute atomic E-state index is 0.245. The average molecular weight is 292 g/mol. The van der Waals surface area contributed by atoms with Crippen molar-refractivity contribution in [2.75, 3.05) is 0 Å². The molecule has 3 N–H and O–H groups in total. The minimum atomic E-state index is -4.63. The van der Waals surface area contributed by atoms with Gasteiger partial charge in [-0.25, -0.2) is 4.79 Å². The third-order valence-corrected chi connectivity index (χ3v) is 2.35. The molecule has 1 rings (SSSR count). The number of aliphatic hydroxyl groups is 1. The van der Waals surface area contributed by atoms with Gasteiger partial charge in [0.25, 0.3) is 5.91 Å². The molecule has 110 valence electrons. The number of pyridine rings is 1. The van der Waals surface area contributed by atoms with Crippen LogP contribution in [0.2, 0.25) is 0 Å². The molecule has 0 saturated carbocycles. The first-order valence-electron chi connectivity index (χ1n) is 5.38. The number of carbonyl (C=O) groups is 2. The Morgan fingerprint density at radius 3 is 2.30 bits per heavy atom. The molecule has 2 atom stereocenters. The van der Waals surface area contributed by atoms with E-state index in [4.69, 9.17) is 10.2 Å². The highest BCUT2D eigenvalue weighted by Gasteiger charge is 2.32. The summed E-state index contributed by atoms with van der Waals surface area (Å²) in [4.78, 5) is 25.4. The van der Waals surface area contributed by atoms with Crippen LogP contribution in [0.3, 0.4) is 0 Å². The summed E-state index contributed by atoms with van der Waals surface area (Å²) in [5.41, 5.74) is -1.41. The second kappa shape index (κ2) is 5.87. The minimum Gasteiger partial charge on any atom is -0.480 e. The predicted octanol–water partition coefficient (Wildman–Crippen LogP) is 0.664. The van der Waals surface area contributed by atoms with Crippen LogP contribution in [0.5, 0.6) is 0 Å². The second-order valence-electron chi connectivity index (χ2n) is 3.96. The number of amides is 1. The van der Waals surface area contributed by atoms with Crippen molar-refractivity contribution in [2.24, 2.45) is 0 Å². The van der Waals surface area contributed by atoms with E-state index in [1.807, 2.05) is 5.32 Å². The molecule has 1 aromatic heterocycles. The van der Waals surface area contributed by atoms with Crippen LogP contribution in [0, 0.1) is 0 Å². The molecule has 0 spiro atoms. The number of carbonyl (C=O) groups excluding carboxylic acids is 1. The van der Waals surface area contributed by atoms with E-state index in [2.05, 4.69) is 4.98 Å². The third kappa shape index (κ3) is 3.92. The van der Waals surface area contributed by atoms with Gasteiger partial charge in [-0.3, -0.25) is 9.78 Å². The van der Waals surface area contributed by atoms with Gasteiger partial charge in [0.15, 0.2) is 6.04 Å². The number of rotatable bonds is 4. The fraction of sp³-hybridized carbons (Fsp3) is 0.364. The van der Waals surface area contributed by atoms with Crippen molar-refractivity contribution in [3.05, 3.63) is 29.6 Å². The maximum absolute atomic E-state index is 12.3. The lowest BCUT2D eigenvalue weighted by molar-refractivity contribution is -0.142. The van der Waals surface area contributed by atoms with Crippen molar-refractivity contribution in [1.82, 2.24) is 10.3 Å². The van der Waals surface area contributed by atoms with Gasteiger partial charge in [0.05, 0.1) is 11.7 Å². The lowest BCUT2D eigenvalue weighted by Crippen LogP contribution is -2.47. The number of hydrogen-bond donors (Lipinski definition) is 3. The van der Waals surface area contributed by atoms with Crippen molar-refractivity contribution < 1.29 is 33.0 Å². The number of aliphatic hydroxyl groups excluding tert-OH is 1. The molecule has 0 aromatic carbocycles. The van der Waals surface area contributed by atoms with Crippen LogP contribution in [0.15, 0.2) is 18.3 Å². The molecule has 1 heterocycles. The van der Waals surface area contributed by atoms with Crippen LogP contribution < -0.4 is 5.32 Å². The molecule has 20 heavy (non-hydrogen) atoms. The summed E-state index contributed by atoms with van der Waals surface area (Å²) in [6, 6.07) is -0.0936. The molecule has 0 saturated heterocycles. The number of nitrogens with zero attached hydrogens (tertiary/aromatic N) is 1. The molecule has 0 unspecified atom stereocenters. The van der Waals surface area contributed by atoms with E-state index in [0.29, 0.717) is 12.3 Å². The van der Waals surface area contributed by atoms with Gasteiger partial charge in [0.2, 0.25) is 0 Å². The first-order valence-corrected chi connectivity index (χ1v) is 5.38. The molecule has 0 fully saturated rings. The standard InChI is InChI=1S/C11H11F3N2O4/c1-5(17)8(10(19)20)16-9(18)6-2-3-7(15-4-6)11(12,13)14/h2-5,8,17H,1H3,(H,16,18)(H,19,20)/t5-,8+/m1/s1. The van der Waals surface area contributed by atoms with E-state index in [9.17, 15) is 22.8 Å². The van der Waals surface area contributed by atoms with Crippen molar-refractivity contribution in [3.8, 4) is 0 Å². The van der Waals surface area contributed by atoms with Crippen LogP contribution in [0.1, 0.15) is 23.0 Å². The molecule has 9 heteroatoms. The number of hydrogen-bond acceptors (Lipinski definition) is 4. The number of carboxylic acid groups (broad SMARTS) is 1. The predicted molar refractivity (Wildman–Crippen MR) is 59.8 cm³/mol. The normalized spacial score (nSPS) is 14.4. The quantitative estimate of drug-likeness (QED) is 0.757. The van der Waals surface area contributed by atoms with Gasteiger partial charge in [-0.2, -0.15) is 13.2 Å². The molecule has 0 bridgehead atoms. The van der Waals surface area contributed by atoms with Crippen molar-refractivity contribution in [3.63, 3.8) is 0 Å². The van der Waals surface area contributed by atoms with Crippen LogP contribution in [0.4, 0.5) is 13.2 Å². The highest BCUT2D eigenvalue weighted by Crippen LogP contribution is 2.27. The Morgan fingerprint density at radius 2 is 1.95 bits per heavy atom. The number of aliphatic carboxylic acids is 1. The summed E-state index contributed by atoms with van der Waals surface area (Å²) >= 11 is 0. The Hall–Kier alpha value is -2.16. The van der Waals surface area contributed by atoms with E-state index < -0.39 is 35.9 Å². The first kappa shape index (κ1) is 15.9. The topological polar surface area (TPSA) is 99.5 Å². The summed E-state index contributed by atoms with van der Waals surface area (Å²) in [5, 5.41) is 19.9. The Balaban J connectivity index is 2.85. The molecule has 1 amide bonds. The lowest BCUT2D eigenvalue weighted by atomic mass is 10.1. The van der Waals surface area contributed by atoms with Gasteiger partial charge in [0.1, 0.15) is 5.69 Å². The van der Waals surface area contributed by atoms with E-state index in [1.54, 1.807) is 0 Å². The molecule has 0 radical (unpaired) electrons. The molecule has 6 nitrogen and oxygen atoms in total. The zero-order chi connectivity index (χ0) is 15.5. The summed E-state index contributed by atoms with van der Waals surface area (Å²) < 4.78 is 36.8. The lowest BCUT2D eigenvalue weighted by Gasteiger charge is -2.17. The van der Waals surface area contributed by atoms with E-state index in [1.165, 1.54) is 0 Å². The van der Waals surface area contributed by atoms with Gasteiger partial charge >= 0.3 is 12.1 Å². The van der Waals surface area contributed by atoms with Crippen molar-refractivity contribution >= 4 is 11.9 Å². The first-order chi connectivity index (χ1) is 9.12. The van der Waals surface area contributed by atoms with Gasteiger partial charge in [-0.1, -0.05) is 0 Å². The van der Waals surface area contributed by atoms with E-state index in [0.717, 1.165) is 13.0 Å². The number of aromatic nitrogens is 1. The third-order valence-electron chi connectivity index (χ3n) is 2.35. The Kier molecular flexibility index (Phi) is 4.66. The van der Waals surface area contributed by atoms with Gasteiger partial charge in [0, 0.05) is 6.20 Å². The maximum Gasteiger partial charge on any atom is 0.433 e. The molecule has 1 aromatic rings. The van der Waals surface area contributed by atoms with Crippen LogP contribution >= 0.6 is 0 Å². The number of carboxylic acids is 1. The van der Waals surface area contributed by atoms with Crippen LogP contribution in [-0.2, 0) is 11.0 Å². The monoisotopic (exact) mass is 292 g/mol. The SMILES string of the molecule is C[C@@H](O)[C@H](NC(=O)c1ccc(C(F)(F)F)nc1)C(=O)O. The molecule has 0 aliphatic carbocycles. The van der Waals surface area contributed by atoms with Gasteiger partial charge in [-0.15, -0.1) is 0 Å². The fourth-order valence-corrected chi connectivity index (χ4v) is 1.31. The van der Waals surface area contributed by atoms with E-state index >= 15 is 0 Å². The van der Waals surface area contributed by atoms with Gasteiger partial charge < -0.3 is 15.5 Å². The Bertz CT molecular complexity index is 499. The molecule has 0 aliphatic rings. The molecule has 0 aliphatic heterocycles. The maximum atomic E-state index is 12.3. The Labute approximate surface area is 111 Å². The molecular formula is C11H11F3N2O4. The molecular weight excluding hydrogens is 281 g/mol. The zero-order valence-electron chi connectivity index (χ0n) is 10.2. The number of halogens is 3.